The van der Waals surface area contributed by atoms with Crippen molar-refractivity contribution in [2.75, 3.05) is 19.9 Å². The highest BCUT2D eigenvalue weighted by atomic mass is 16.7. The number of nitrogens with one attached hydrogen (secondary N) is 2. The molecule has 0 aromatic heterocycles. The standard InChI is InChI=1S/C40H48N2O8/c1-39(2)21-30-26(11-12-34-40(3,50-34)14-13-31(30)39)18-25-8-4-5-10-29(25)38(46)49-33-20-28(19-32-35(33)48-23-47-32)37(45)42-22-24-7-6-9-27(17-24)36(44)41-15-16-43/h4-10,17-19,30-35,43H,11-16,20-23H2,1-3H3,(H,41,44)(H,42,45). The van der Waals surface area contributed by atoms with Crippen molar-refractivity contribution in [1.29, 1.82) is 0 Å². The minimum atomic E-state index is -0.716. The number of carbonyl (C=O) groups excluding carboxylic acids is 3. The lowest BCUT2D eigenvalue weighted by Crippen LogP contribution is -2.45. The summed E-state index contributed by atoms with van der Waals surface area (Å²) < 4.78 is 23.9. The summed E-state index contributed by atoms with van der Waals surface area (Å²) in [6, 6.07) is 14.5. The van der Waals surface area contributed by atoms with Crippen LogP contribution >= 0.6 is 0 Å². The highest BCUT2D eigenvalue weighted by Gasteiger charge is 2.56. The number of benzene rings is 2. The maximum atomic E-state index is 13.9. The van der Waals surface area contributed by atoms with Gasteiger partial charge in [-0.05, 0) is 91.7 Å². The van der Waals surface area contributed by atoms with Crippen molar-refractivity contribution in [3.63, 3.8) is 0 Å². The molecule has 10 nitrogen and oxygen atoms in total. The molecule has 4 fully saturated rings. The Balaban J connectivity index is 1.04. The van der Waals surface area contributed by atoms with Gasteiger partial charge in [0.1, 0.15) is 25.1 Å². The van der Waals surface area contributed by atoms with Gasteiger partial charge in [0.05, 0.1) is 23.9 Å². The Morgan fingerprint density at radius 3 is 2.68 bits per heavy atom. The number of esters is 1. The zero-order chi connectivity index (χ0) is 35.0. The third-order valence-corrected chi connectivity index (χ3v) is 11.5. The third kappa shape index (κ3) is 7.17. The summed E-state index contributed by atoms with van der Waals surface area (Å²) in [4.78, 5) is 39.6. The molecule has 7 unspecified atom stereocenters. The molecule has 0 radical (unpaired) electrons. The second-order valence-corrected chi connectivity index (χ2v) is 15.3. The Hall–Kier alpha value is -3.83. The van der Waals surface area contributed by atoms with Crippen LogP contribution in [0.3, 0.4) is 0 Å². The van der Waals surface area contributed by atoms with E-state index in [1.807, 2.05) is 24.3 Å². The Kier molecular flexibility index (Phi) is 9.73. The summed E-state index contributed by atoms with van der Waals surface area (Å²) in [5.41, 5.74) is 4.63. The van der Waals surface area contributed by atoms with Gasteiger partial charge in [-0.25, -0.2) is 4.79 Å². The quantitative estimate of drug-likeness (QED) is 0.245. The SMILES string of the molecule is CC1(C)CC2C(=Cc3ccccc3C(=O)OC3CC(C(=O)NCc4cccc(C(=O)NCCO)c4)=CC4OCOC43)CCC3OC3(C)CCC21. The van der Waals surface area contributed by atoms with Gasteiger partial charge in [-0.15, -0.1) is 0 Å². The molecule has 2 aromatic carbocycles. The number of epoxide rings is 1. The van der Waals surface area contributed by atoms with Gasteiger partial charge < -0.3 is 34.7 Å². The molecule has 2 saturated carbocycles. The van der Waals surface area contributed by atoms with E-state index in [1.54, 1.807) is 30.3 Å². The normalized spacial score (nSPS) is 31.7. The van der Waals surface area contributed by atoms with E-state index in [2.05, 4.69) is 37.5 Å². The van der Waals surface area contributed by atoms with E-state index in [0.717, 1.165) is 43.2 Å². The van der Waals surface area contributed by atoms with Crippen molar-refractivity contribution < 1.29 is 38.4 Å². The van der Waals surface area contributed by atoms with E-state index < -0.39 is 24.3 Å². The molecule has 5 aliphatic rings. The molecule has 0 bridgehead atoms. The number of hydrogen-bond acceptors (Lipinski definition) is 8. The summed E-state index contributed by atoms with van der Waals surface area (Å²) in [6.45, 7) is 7.25. The van der Waals surface area contributed by atoms with Gasteiger partial charge in [0, 0.05) is 30.6 Å². The average molecular weight is 685 g/mol. The summed E-state index contributed by atoms with van der Waals surface area (Å²) in [5.74, 6) is 0.0136. The number of ether oxygens (including phenoxy) is 4. The first kappa shape index (κ1) is 34.6. The molecule has 266 valence electrons. The second kappa shape index (κ2) is 14.1. The van der Waals surface area contributed by atoms with Gasteiger partial charge in [0.15, 0.2) is 0 Å². The fourth-order valence-electron chi connectivity index (χ4n) is 8.53. The smallest absolute Gasteiger partial charge is 0.339 e. The molecule has 7 atom stereocenters. The topological polar surface area (TPSA) is 136 Å². The lowest BCUT2D eigenvalue weighted by molar-refractivity contribution is -0.118. The van der Waals surface area contributed by atoms with Crippen LogP contribution in [0.25, 0.3) is 6.08 Å². The average Bonchev–Trinajstić information content (AvgIpc) is 3.48. The van der Waals surface area contributed by atoms with Crippen molar-refractivity contribution >= 4 is 23.9 Å². The highest BCUT2D eigenvalue weighted by molar-refractivity contribution is 5.96. The van der Waals surface area contributed by atoms with Crippen molar-refractivity contribution in [3.8, 4) is 0 Å². The molecule has 10 heteroatoms. The van der Waals surface area contributed by atoms with E-state index in [1.165, 1.54) is 5.57 Å². The van der Waals surface area contributed by atoms with E-state index in [0.29, 0.717) is 34.6 Å². The summed E-state index contributed by atoms with van der Waals surface area (Å²) >= 11 is 0. The summed E-state index contributed by atoms with van der Waals surface area (Å²) in [6.07, 6.45) is 8.01. The fraction of sp³-hybridized carbons (Fsp3) is 0.525. The van der Waals surface area contributed by atoms with Crippen LogP contribution in [0.15, 0.2) is 65.8 Å². The van der Waals surface area contributed by atoms with Crippen LogP contribution < -0.4 is 10.6 Å². The number of fused-ring (bicyclic) bond motifs is 3. The molecular formula is C40H48N2O8. The number of amides is 2. The van der Waals surface area contributed by atoms with Crippen LogP contribution in [-0.2, 0) is 30.3 Å². The molecule has 7 rings (SSSR count). The van der Waals surface area contributed by atoms with E-state index >= 15 is 0 Å². The summed E-state index contributed by atoms with van der Waals surface area (Å²) in [5, 5.41) is 14.6. The van der Waals surface area contributed by atoms with Gasteiger partial charge in [0.2, 0.25) is 5.91 Å². The van der Waals surface area contributed by atoms with Crippen LogP contribution in [0.4, 0.5) is 0 Å². The van der Waals surface area contributed by atoms with Crippen LogP contribution in [0.2, 0.25) is 0 Å². The number of rotatable bonds is 9. The summed E-state index contributed by atoms with van der Waals surface area (Å²) in [7, 11) is 0. The van der Waals surface area contributed by atoms with Gasteiger partial charge in [-0.2, -0.15) is 0 Å². The molecule has 3 aliphatic carbocycles. The number of allylic oxidation sites excluding steroid dienone is 1. The molecule has 2 aliphatic heterocycles. The largest absolute Gasteiger partial charge is 0.456 e. The fourth-order valence-corrected chi connectivity index (χ4v) is 8.53. The second-order valence-electron chi connectivity index (χ2n) is 15.3. The zero-order valence-corrected chi connectivity index (χ0v) is 29.1. The first-order valence-electron chi connectivity index (χ1n) is 17.9. The lowest BCUT2D eigenvalue weighted by Gasteiger charge is -2.53. The van der Waals surface area contributed by atoms with Gasteiger partial charge in [-0.3, -0.25) is 9.59 Å². The first-order valence-corrected chi connectivity index (χ1v) is 17.9. The minimum absolute atomic E-state index is 0.00554. The van der Waals surface area contributed by atoms with Crippen LogP contribution in [-0.4, -0.2) is 72.9 Å². The first-order chi connectivity index (χ1) is 24.0. The molecule has 2 saturated heterocycles. The molecule has 2 aromatic rings. The number of hydrogen-bond donors (Lipinski definition) is 3. The van der Waals surface area contributed by atoms with Crippen molar-refractivity contribution in [1.82, 2.24) is 10.6 Å². The van der Waals surface area contributed by atoms with Crippen molar-refractivity contribution in [2.24, 2.45) is 17.3 Å². The van der Waals surface area contributed by atoms with Gasteiger partial charge >= 0.3 is 5.97 Å². The van der Waals surface area contributed by atoms with Gasteiger partial charge in [-0.1, -0.05) is 55.8 Å². The Morgan fingerprint density at radius 1 is 1.02 bits per heavy atom. The highest BCUT2D eigenvalue weighted by Crippen LogP contribution is 2.59. The molecule has 50 heavy (non-hydrogen) atoms. The molecular weight excluding hydrogens is 636 g/mol. The molecule has 3 N–H and O–H groups in total. The maximum absolute atomic E-state index is 13.9. The monoisotopic (exact) mass is 684 g/mol. The van der Waals surface area contributed by atoms with Crippen molar-refractivity contribution in [3.05, 3.63) is 88.0 Å². The predicted octanol–water partition coefficient (Wildman–Crippen LogP) is 5.10. The van der Waals surface area contributed by atoms with Crippen molar-refractivity contribution in [2.45, 2.75) is 95.9 Å². The zero-order valence-electron chi connectivity index (χ0n) is 29.1. The number of aliphatic hydroxyl groups excluding tert-OH is 1. The molecule has 0 spiro atoms. The number of carbonyl (C=O) groups is 3. The van der Waals surface area contributed by atoms with Crippen LogP contribution in [0, 0.1) is 17.3 Å². The molecule has 2 amide bonds. The van der Waals surface area contributed by atoms with Gasteiger partial charge in [0.25, 0.3) is 5.91 Å². The Bertz CT molecular complexity index is 1700. The lowest BCUT2D eigenvalue weighted by atomic mass is 9.52. The maximum Gasteiger partial charge on any atom is 0.339 e. The predicted molar refractivity (Wildman–Crippen MR) is 186 cm³/mol. The van der Waals surface area contributed by atoms with E-state index in [-0.39, 0.29) is 55.7 Å². The molecule has 2 heterocycles. The van der Waals surface area contributed by atoms with E-state index in [9.17, 15) is 14.4 Å². The van der Waals surface area contributed by atoms with Crippen LogP contribution in [0.1, 0.15) is 91.1 Å². The number of aliphatic hydroxyl groups is 1. The van der Waals surface area contributed by atoms with Crippen LogP contribution in [0.5, 0.6) is 0 Å². The Morgan fingerprint density at radius 2 is 1.86 bits per heavy atom. The minimum Gasteiger partial charge on any atom is -0.456 e. The third-order valence-electron chi connectivity index (χ3n) is 11.5. The Labute approximate surface area is 293 Å². The van der Waals surface area contributed by atoms with E-state index in [4.69, 9.17) is 24.1 Å².